The summed E-state index contributed by atoms with van der Waals surface area (Å²) in [4.78, 5) is 5.04. The molecular formula is C24H33NO2. The summed E-state index contributed by atoms with van der Waals surface area (Å²) < 4.78 is 5.48. The Hall–Kier alpha value is -2.13. The number of aryl methyl sites for hydroxylation is 1. The minimum absolute atomic E-state index is 0.0640. The van der Waals surface area contributed by atoms with E-state index in [9.17, 15) is 5.11 Å². The van der Waals surface area contributed by atoms with E-state index in [4.69, 9.17) is 9.73 Å². The van der Waals surface area contributed by atoms with Crippen LogP contribution >= 0.6 is 0 Å². The van der Waals surface area contributed by atoms with Gasteiger partial charge in [-0.25, -0.2) is 0 Å². The van der Waals surface area contributed by atoms with Crippen molar-refractivity contribution < 1.29 is 9.84 Å². The van der Waals surface area contributed by atoms with Crippen LogP contribution in [0, 0.1) is 12.3 Å². The third kappa shape index (κ3) is 4.41. The molecule has 1 N–H and O–H groups in total. The first-order valence-electron chi connectivity index (χ1n) is 9.45. The fourth-order valence-electron chi connectivity index (χ4n) is 3.57. The lowest BCUT2D eigenvalue weighted by Crippen LogP contribution is -2.43. The first-order chi connectivity index (χ1) is 12.5. The Morgan fingerprint density at radius 1 is 1.33 bits per heavy atom. The molecule has 2 unspecified atom stereocenters. The molecule has 27 heavy (non-hydrogen) atoms. The van der Waals surface area contributed by atoms with Crippen molar-refractivity contribution in [3.8, 4) is 0 Å². The molecule has 2 rings (SSSR count). The van der Waals surface area contributed by atoms with Gasteiger partial charge in [0.15, 0.2) is 0 Å². The topological polar surface area (TPSA) is 41.8 Å². The van der Waals surface area contributed by atoms with Gasteiger partial charge in [0.25, 0.3) is 0 Å². The van der Waals surface area contributed by atoms with E-state index in [1.165, 1.54) is 5.56 Å². The molecule has 0 spiro atoms. The van der Waals surface area contributed by atoms with Crippen LogP contribution in [0.2, 0.25) is 0 Å². The summed E-state index contributed by atoms with van der Waals surface area (Å²) in [6.07, 6.45) is 4.78. The average molecular weight is 368 g/mol. The smallest absolute Gasteiger partial charge is 0.117 e. The monoisotopic (exact) mass is 367 g/mol. The van der Waals surface area contributed by atoms with Crippen molar-refractivity contribution in [2.45, 2.75) is 52.5 Å². The standard InChI is InChI=1S/C24H33NO2/c1-16-9-10-20-19(15-16)21(17(2)11-12-23(4,5)6)25-22(18(3)27-8)24(20,7)13-14-26/h9-12,15,22,26H,2-3,13-14H2,1,4-8H3/b12-11-. The molecule has 1 heterocycles. The number of allylic oxidation sites excluding steroid dienone is 3. The average Bonchev–Trinajstić information content (AvgIpc) is 2.58. The molecule has 0 saturated heterocycles. The Balaban J connectivity index is 2.67. The number of hydrogen-bond acceptors (Lipinski definition) is 3. The number of aliphatic hydroxyl groups is 1. The Morgan fingerprint density at radius 2 is 2.00 bits per heavy atom. The summed E-state index contributed by atoms with van der Waals surface area (Å²) in [5.74, 6) is 0.599. The molecule has 0 bridgehead atoms. The van der Waals surface area contributed by atoms with E-state index in [0.29, 0.717) is 12.2 Å². The number of aliphatic imine (C=N–C) groups is 1. The van der Waals surface area contributed by atoms with Gasteiger partial charge in [-0.05, 0) is 36.0 Å². The minimum atomic E-state index is -0.387. The molecule has 1 aliphatic rings. The molecule has 3 nitrogen and oxygen atoms in total. The molecule has 0 amide bonds. The fraction of sp³-hybridized carbons (Fsp3) is 0.458. The van der Waals surface area contributed by atoms with Crippen LogP contribution in [0.3, 0.4) is 0 Å². The number of rotatable bonds is 6. The third-order valence-corrected chi connectivity index (χ3v) is 5.19. The second-order valence-electron chi connectivity index (χ2n) is 8.72. The number of aliphatic hydroxyl groups excluding tert-OH is 1. The van der Waals surface area contributed by atoms with Crippen LogP contribution < -0.4 is 0 Å². The molecule has 0 aromatic heterocycles. The largest absolute Gasteiger partial charge is 0.499 e. The van der Waals surface area contributed by atoms with Crippen molar-refractivity contribution in [2.75, 3.05) is 13.7 Å². The van der Waals surface area contributed by atoms with Crippen molar-refractivity contribution in [2.24, 2.45) is 10.4 Å². The highest BCUT2D eigenvalue weighted by atomic mass is 16.5. The summed E-state index contributed by atoms with van der Waals surface area (Å²) >= 11 is 0. The van der Waals surface area contributed by atoms with Crippen molar-refractivity contribution in [3.05, 3.63) is 71.5 Å². The van der Waals surface area contributed by atoms with Gasteiger partial charge in [-0.15, -0.1) is 0 Å². The number of fused-ring (bicyclic) bond motifs is 1. The highest BCUT2D eigenvalue weighted by Crippen LogP contribution is 2.43. The second kappa shape index (κ2) is 7.85. The lowest BCUT2D eigenvalue weighted by Gasteiger charge is -2.41. The van der Waals surface area contributed by atoms with Crippen LogP contribution in [-0.2, 0) is 10.2 Å². The molecule has 3 heteroatoms. The summed E-state index contributed by atoms with van der Waals surface area (Å²) in [5, 5.41) is 9.74. The molecule has 0 aliphatic carbocycles. The minimum Gasteiger partial charge on any atom is -0.499 e. The zero-order valence-corrected chi connectivity index (χ0v) is 17.6. The van der Waals surface area contributed by atoms with E-state index < -0.39 is 0 Å². The quantitative estimate of drug-likeness (QED) is 0.560. The molecule has 2 atom stereocenters. The van der Waals surface area contributed by atoms with E-state index in [2.05, 4.69) is 72.1 Å². The van der Waals surface area contributed by atoms with Gasteiger partial charge < -0.3 is 9.84 Å². The van der Waals surface area contributed by atoms with Crippen LogP contribution in [0.1, 0.15) is 50.8 Å². The van der Waals surface area contributed by atoms with E-state index in [0.717, 1.165) is 22.4 Å². The molecule has 0 saturated carbocycles. The summed E-state index contributed by atoms with van der Waals surface area (Å²) in [7, 11) is 1.62. The lowest BCUT2D eigenvalue weighted by molar-refractivity contribution is 0.192. The number of ether oxygens (including phenoxy) is 1. The van der Waals surface area contributed by atoms with Gasteiger partial charge >= 0.3 is 0 Å². The molecule has 1 aromatic carbocycles. The predicted octanol–water partition coefficient (Wildman–Crippen LogP) is 5.13. The first-order valence-corrected chi connectivity index (χ1v) is 9.45. The fourth-order valence-corrected chi connectivity index (χ4v) is 3.57. The maximum atomic E-state index is 9.74. The van der Waals surface area contributed by atoms with Gasteiger partial charge in [-0.2, -0.15) is 0 Å². The van der Waals surface area contributed by atoms with Crippen molar-refractivity contribution in [1.29, 1.82) is 0 Å². The zero-order valence-electron chi connectivity index (χ0n) is 17.6. The van der Waals surface area contributed by atoms with Crippen LogP contribution in [0.25, 0.3) is 0 Å². The molecule has 0 radical (unpaired) electrons. The summed E-state index contributed by atoms with van der Waals surface area (Å²) in [6, 6.07) is 6.13. The van der Waals surface area contributed by atoms with E-state index >= 15 is 0 Å². The van der Waals surface area contributed by atoms with Gasteiger partial charge in [-0.1, -0.05) is 70.7 Å². The van der Waals surface area contributed by atoms with Crippen LogP contribution in [0.5, 0.6) is 0 Å². The molecule has 1 aliphatic heterocycles. The summed E-state index contributed by atoms with van der Waals surface area (Å²) in [5.41, 5.74) is 4.82. The van der Waals surface area contributed by atoms with Gasteiger partial charge in [0.2, 0.25) is 0 Å². The van der Waals surface area contributed by atoms with Crippen LogP contribution in [0.15, 0.2) is 59.8 Å². The maximum Gasteiger partial charge on any atom is 0.117 e. The van der Waals surface area contributed by atoms with Crippen molar-refractivity contribution in [1.82, 2.24) is 0 Å². The SMILES string of the molecule is C=C(/C=C\C(C)(C)C)C1=NC(C(=C)OC)C(C)(CCO)c2ccc(C)cc21. The van der Waals surface area contributed by atoms with Crippen molar-refractivity contribution >= 4 is 5.71 Å². The number of methoxy groups -OCH3 is 1. The van der Waals surface area contributed by atoms with Gasteiger partial charge in [0, 0.05) is 17.6 Å². The number of benzene rings is 1. The Bertz CT molecular complexity index is 795. The number of nitrogens with zero attached hydrogens (tertiary/aromatic N) is 1. The van der Waals surface area contributed by atoms with E-state index in [1.54, 1.807) is 7.11 Å². The Kier molecular flexibility index (Phi) is 6.16. The highest BCUT2D eigenvalue weighted by molar-refractivity contribution is 6.16. The third-order valence-electron chi connectivity index (χ3n) is 5.19. The number of hydrogen-bond donors (Lipinski definition) is 1. The van der Waals surface area contributed by atoms with Gasteiger partial charge in [-0.3, -0.25) is 4.99 Å². The van der Waals surface area contributed by atoms with E-state index in [-0.39, 0.29) is 23.5 Å². The summed E-state index contributed by atoms with van der Waals surface area (Å²) in [6.45, 7) is 19.1. The normalized spacial score (nSPS) is 22.3. The first kappa shape index (κ1) is 21.2. The highest BCUT2D eigenvalue weighted by Gasteiger charge is 2.43. The van der Waals surface area contributed by atoms with Crippen LogP contribution in [-0.4, -0.2) is 30.6 Å². The zero-order chi connectivity index (χ0) is 20.4. The maximum absolute atomic E-state index is 9.74. The molecular weight excluding hydrogens is 334 g/mol. The van der Waals surface area contributed by atoms with Crippen molar-refractivity contribution in [3.63, 3.8) is 0 Å². The second-order valence-corrected chi connectivity index (χ2v) is 8.72. The lowest BCUT2D eigenvalue weighted by atomic mass is 9.68. The Labute approximate surface area is 164 Å². The van der Waals surface area contributed by atoms with Gasteiger partial charge in [0.05, 0.1) is 12.8 Å². The van der Waals surface area contributed by atoms with E-state index in [1.807, 2.05) is 6.08 Å². The van der Waals surface area contributed by atoms with Gasteiger partial charge in [0.1, 0.15) is 11.8 Å². The molecule has 1 aromatic rings. The molecule has 0 fully saturated rings. The van der Waals surface area contributed by atoms with Crippen LogP contribution in [0.4, 0.5) is 0 Å². The Morgan fingerprint density at radius 3 is 2.56 bits per heavy atom. The predicted molar refractivity (Wildman–Crippen MR) is 114 cm³/mol. The molecule has 146 valence electrons.